The molecule has 0 N–H and O–H groups in total. The summed E-state index contributed by atoms with van der Waals surface area (Å²) in [5, 5.41) is 4.53. The zero-order chi connectivity index (χ0) is 22.3. The zero-order valence-corrected chi connectivity index (χ0v) is 18.2. The Balaban J connectivity index is 1.18. The van der Waals surface area contributed by atoms with Gasteiger partial charge in [0.2, 0.25) is 11.7 Å². The summed E-state index contributed by atoms with van der Waals surface area (Å²) >= 11 is 5.88. The van der Waals surface area contributed by atoms with Crippen LogP contribution in [0.25, 0.3) is 11.4 Å². The van der Waals surface area contributed by atoms with Crippen LogP contribution in [0, 0.1) is 0 Å². The maximum atomic E-state index is 12.4. The van der Waals surface area contributed by atoms with E-state index in [2.05, 4.69) is 27.2 Å². The Kier molecular flexibility index (Phi) is 7.01. The van der Waals surface area contributed by atoms with Gasteiger partial charge in [-0.3, -0.25) is 9.59 Å². The highest BCUT2D eigenvalue weighted by atomic mass is 35.5. The molecule has 4 rings (SSSR count). The molecule has 2 heterocycles. The molecule has 9 heteroatoms. The Morgan fingerprint density at radius 2 is 1.72 bits per heavy atom. The minimum atomic E-state index is -0.479. The van der Waals surface area contributed by atoms with E-state index < -0.39 is 5.97 Å². The van der Waals surface area contributed by atoms with Crippen molar-refractivity contribution in [2.45, 2.75) is 12.8 Å². The number of carbonyl (C=O) groups excluding carboxylic acids is 2. The smallest absolute Gasteiger partial charge is 0.306 e. The van der Waals surface area contributed by atoms with Gasteiger partial charge in [-0.2, -0.15) is 4.98 Å². The Labute approximate surface area is 190 Å². The fourth-order valence-corrected chi connectivity index (χ4v) is 3.57. The minimum absolute atomic E-state index is 0.0529. The molecular formula is C23H23ClN4O4. The second-order valence-corrected chi connectivity index (χ2v) is 7.82. The van der Waals surface area contributed by atoms with Crippen LogP contribution in [0.5, 0.6) is 0 Å². The van der Waals surface area contributed by atoms with Crippen LogP contribution >= 0.6 is 11.6 Å². The number of halogens is 1. The first kappa shape index (κ1) is 21.8. The number of amides is 1. The number of ether oxygens (including phenoxy) is 1. The zero-order valence-electron chi connectivity index (χ0n) is 17.4. The molecule has 8 nitrogen and oxygen atoms in total. The molecule has 1 fully saturated rings. The van der Waals surface area contributed by atoms with E-state index in [-0.39, 0.29) is 25.4 Å². The average molecular weight is 455 g/mol. The predicted molar refractivity (Wildman–Crippen MR) is 119 cm³/mol. The van der Waals surface area contributed by atoms with Crippen molar-refractivity contribution in [2.75, 3.05) is 37.7 Å². The average Bonchev–Trinajstić information content (AvgIpc) is 3.31. The highest BCUT2D eigenvalue weighted by molar-refractivity contribution is 6.30. The lowest BCUT2D eigenvalue weighted by molar-refractivity contribution is -0.152. The van der Waals surface area contributed by atoms with Gasteiger partial charge in [0.05, 0.1) is 6.42 Å². The SMILES string of the molecule is O=C(CCc1nc(-c2ccc(Cl)cc2)no1)OCC(=O)N1CCN(c2ccccc2)CC1. The van der Waals surface area contributed by atoms with Crippen LogP contribution in [0.4, 0.5) is 5.69 Å². The summed E-state index contributed by atoms with van der Waals surface area (Å²) in [5.74, 6) is 0.0894. The van der Waals surface area contributed by atoms with Crippen molar-refractivity contribution in [3.8, 4) is 11.4 Å². The molecular weight excluding hydrogens is 432 g/mol. The maximum absolute atomic E-state index is 12.4. The molecule has 0 unspecified atom stereocenters. The van der Waals surface area contributed by atoms with Gasteiger partial charge in [-0.25, -0.2) is 0 Å². The fraction of sp³-hybridized carbons (Fsp3) is 0.304. The number of anilines is 1. The second-order valence-electron chi connectivity index (χ2n) is 7.38. The van der Waals surface area contributed by atoms with Gasteiger partial charge in [0, 0.05) is 48.9 Å². The van der Waals surface area contributed by atoms with Crippen molar-refractivity contribution < 1.29 is 18.8 Å². The first-order chi connectivity index (χ1) is 15.6. The molecule has 1 saturated heterocycles. The molecule has 0 radical (unpaired) electrons. The highest BCUT2D eigenvalue weighted by Crippen LogP contribution is 2.19. The van der Waals surface area contributed by atoms with Crippen LogP contribution in [0.2, 0.25) is 5.02 Å². The monoisotopic (exact) mass is 454 g/mol. The summed E-state index contributed by atoms with van der Waals surface area (Å²) in [6.45, 7) is 2.43. The lowest BCUT2D eigenvalue weighted by atomic mass is 10.2. The number of nitrogens with zero attached hydrogens (tertiary/aromatic N) is 4. The number of hydrogen-bond donors (Lipinski definition) is 0. The van der Waals surface area contributed by atoms with Gasteiger partial charge in [-0.05, 0) is 36.4 Å². The number of hydrogen-bond acceptors (Lipinski definition) is 7. The van der Waals surface area contributed by atoms with E-state index in [9.17, 15) is 9.59 Å². The van der Waals surface area contributed by atoms with Crippen LogP contribution in [-0.2, 0) is 20.7 Å². The predicted octanol–water partition coefficient (Wildman–Crippen LogP) is 3.21. The van der Waals surface area contributed by atoms with E-state index >= 15 is 0 Å². The summed E-state index contributed by atoms with van der Waals surface area (Å²) in [6.07, 6.45) is 0.292. The van der Waals surface area contributed by atoms with E-state index in [0.29, 0.717) is 29.8 Å². The molecule has 0 saturated carbocycles. The Morgan fingerprint density at radius 1 is 1.00 bits per heavy atom. The minimum Gasteiger partial charge on any atom is -0.456 e. The van der Waals surface area contributed by atoms with E-state index in [4.69, 9.17) is 20.9 Å². The molecule has 0 atom stereocenters. The van der Waals surface area contributed by atoms with Gasteiger partial charge in [0.15, 0.2) is 6.61 Å². The van der Waals surface area contributed by atoms with E-state index in [0.717, 1.165) is 24.3 Å². The lowest BCUT2D eigenvalue weighted by Gasteiger charge is -2.36. The third-order valence-corrected chi connectivity index (χ3v) is 5.48. The molecule has 166 valence electrons. The van der Waals surface area contributed by atoms with Gasteiger partial charge in [-0.1, -0.05) is 35.0 Å². The van der Waals surface area contributed by atoms with Crippen LogP contribution < -0.4 is 4.90 Å². The third kappa shape index (κ3) is 5.64. The fourth-order valence-electron chi connectivity index (χ4n) is 3.44. The first-order valence-corrected chi connectivity index (χ1v) is 10.8. The summed E-state index contributed by atoms with van der Waals surface area (Å²) in [4.78, 5) is 32.7. The number of piperazine rings is 1. The van der Waals surface area contributed by atoms with Gasteiger partial charge < -0.3 is 19.1 Å². The number of benzene rings is 2. The Bertz CT molecular complexity index is 1050. The number of carbonyl (C=O) groups is 2. The number of aromatic nitrogens is 2. The number of aryl methyl sites for hydroxylation is 1. The molecule has 1 aromatic heterocycles. The second kappa shape index (κ2) is 10.3. The first-order valence-electron chi connectivity index (χ1n) is 10.4. The summed E-state index contributed by atoms with van der Waals surface area (Å²) < 4.78 is 10.3. The van der Waals surface area contributed by atoms with Gasteiger partial charge in [0.1, 0.15) is 0 Å². The van der Waals surface area contributed by atoms with Crippen LogP contribution in [0.1, 0.15) is 12.3 Å². The third-order valence-electron chi connectivity index (χ3n) is 5.22. The van der Waals surface area contributed by atoms with Crippen LogP contribution in [0.3, 0.4) is 0 Å². The number of esters is 1. The van der Waals surface area contributed by atoms with Gasteiger partial charge in [0.25, 0.3) is 5.91 Å². The molecule has 0 bridgehead atoms. The molecule has 1 aliphatic rings. The van der Waals surface area contributed by atoms with E-state index in [1.54, 1.807) is 29.2 Å². The lowest BCUT2D eigenvalue weighted by Crippen LogP contribution is -2.49. The van der Waals surface area contributed by atoms with Crippen LogP contribution in [-0.4, -0.2) is 59.7 Å². The molecule has 1 amide bonds. The molecule has 0 spiro atoms. The standard InChI is InChI=1S/C23H23ClN4O4/c24-18-8-6-17(7-9-18)23-25-20(32-26-23)10-11-22(30)31-16-21(29)28-14-12-27(13-15-28)19-4-2-1-3-5-19/h1-9H,10-16H2. The summed E-state index contributed by atoms with van der Waals surface area (Å²) in [6, 6.07) is 17.1. The maximum Gasteiger partial charge on any atom is 0.306 e. The Hall–Kier alpha value is -3.39. The summed E-state index contributed by atoms with van der Waals surface area (Å²) in [7, 11) is 0. The summed E-state index contributed by atoms with van der Waals surface area (Å²) in [5.41, 5.74) is 1.91. The van der Waals surface area contributed by atoms with Gasteiger partial charge in [-0.15, -0.1) is 0 Å². The van der Waals surface area contributed by atoms with E-state index in [1.165, 1.54) is 0 Å². The number of para-hydroxylation sites is 1. The quantitative estimate of drug-likeness (QED) is 0.506. The largest absolute Gasteiger partial charge is 0.456 e. The van der Waals surface area contributed by atoms with Crippen molar-refractivity contribution in [3.05, 3.63) is 65.5 Å². The van der Waals surface area contributed by atoms with Crippen molar-refractivity contribution in [1.29, 1.82) is 0 Å². The van der Waals surface area contributed by atoms with Crippen molar-refractivity contribution in [1.82, 2.24) is 15.0 Å². The van der Waals surface area contributed by atoms with Crippen molar-refractivity contribution in [2.24, 2.45) is 0 Å². The topological polar surface area (TPSA) is 88.8 Å². The van der Waals surface area contributed by atoms with Crippen molar-refractivity contribution in [3.63, 3.8) is 0 Å². The highest BCUT2D eigenvalue weighted by Gasteiger charge is 2.22. The normalized spacial score (nSPS) is 13.8. The Morgan fingerprint density at radius 3 is 2.44 bits per heavy atom. The molecule has 32 heavy (non-hydrogen) atoms. The van der Waals surface area contributed by atoms with Gasteiger partial charge >= 0.3 is 5.97 Å². The number of rotatable bonds is 7. The van der Waals surface area contributed by atoms with Crippen LogP contribution in [0.15, 0.2) is 59.1 Å². The molecule has 2 aromatic carbocycles. The van der Waals surface area contributed by atoms with E-state index in [1.807, 2.05) is 18.2 Å². The molecule has 3 aromatic rings. The van der Waals surface area contributed by atoms with Crippen molar-refractivity contribution >= 4 is 29.2 Å². The molecule has 1 aliphatic heterocycles. The molecule has 0 aliphatic carbocycles.